The molecule has 0 atom stereocenters. The zero-order valence-electron chi connectivity index (χ0n) is 17.9. The summed E-state index contributed by atoms with van der Waals surface area (Å²) in [6.45, 7) is 2.03. The van der Waals surface area contributed by atoms with Crippen LogP contribution in [0.1, 0.15) is 21.5 Å². The van der Waals surface area contributed by atoms with Crippen LogP contribution in [0, 0.1) is 18.6 Å². The molecule has 162 valence electrons. The molecule has 4 rings (SSSR count). The van der Waals surface area contributed by atoms with E-state index < -0.39 is 23.0 Å². The van der Waals surface area contributed by atoms with Gasteiger partial charge in [-0.05, 0) is 53.6 Å². The van der Waals surface area contributed by atoms with Gasteiger partial charge in [0, 0.05) is 19.0 Å². The molecule has 4 nitrogen and oxygen atoms in total. The van der Waals surface area contributed by atoms with E-state index in [1.807, 2.05) is 61.2 Å². The fraction of sp³-hybridized carbons (Fsp3) is 0.160. The minimum Gasteiger partial charge on any atom is -0.305 e. The van der Waals surface area contributed by atoms with Crippen LogP contribution in [-0.2, 0) is 13.5 Å². The largest absolute Gasteiger partial charge is 0.305 e. The Labute approximate surface area is 189 Å². The standard InChI is InChI=1S/C25H21F2N3OS/c1-15-7-10-18(24-28-29-25(32-3)30(24)2)14-19(15)17-11-8-16(9-12-17)13-22(31)23-20(26)5-4-6-21(23)27/h4-12,14H,13H2,1-3H3. The first-order valence-electron chi connectivity index (χ1n) is 10.00. The van der Waals surface area contributed by atoms with Crippen molar-refractivity contribution in [2.75, 3.05) is 6.26 Å². The molecule has 7 heteroatoms. The van der Waals surface area contributed by atoms with E-state index in [1.54, 1.807) is 0 Å². The summed E-state index contributed by atoms with van der Waals surface area (Å²) in [6.07, 6.45) is 1.88. The monoisotopic (exact) mass is 449 g/mol. The number of aryl methyl sites for hydroxylation is 1. The van der Waals surface area contributed by atoms with Gasteiger partial charge in [-0.25, -0.2) is 8.78 Å². The summed E-state index contributed by atoms with van der Waals surface area (Å²) < 4.78 is 29.7. The van der Waals surface area contributed by atoms with Crippen LogP contribution in [-0.4, -0.2) is 26.8 Å². The van der Waals surface area contributed by atoms with Crippen molar-refractivity contribution in [2.24, 2.45) is 7.05 Å². The number of Topliss-reactive ketones (excluding diaryl/α,β-unsaturated/α-hetero) is 1. The van der Waals surface area contributed by atoms with E-state index in [4.69, 9.17) is 0 Å². The Morgan fingerprint density at radius 3 is 2.25 bits per heavy atom. The maximum Gasteiger partial charge on any atom is 0.190 e. The third-order valence-electron chi connectivity index (χ3n) is 5.38. The van der Waals surface area contributed by atoms with Crippen LogP contribution in [0.2, 0.25) is 0 Å². The van der Waals surface area contributed by atoms with E-state index in [0.29, 0.717) is 5.56 Å². The van der Waals surface area contributed by atoms with Gasteiger partial charge in [-0.3, -0.25) is 4.79 Å². The predicted molar refractivity (Wildman–Crippen MR) is 123 cm³/mol. The third-order valence-corrected chi connectivity index (χ3v) is 6.11. The summed E-state index contributed by atoms with van der Waals surface area (Å²) in [5.41, 5.74) is 4.26. The van der Waals surface area contributed by atoms with E-state index in [1.165, 1.54) is 17.8 Å². The molecule has 1 aromatic heterocycles. The molecule has 3 aromatic carbocycles. The molecule has 0 saturated carbocycles. The number of hydrogen-bond acceptors (Lipinski definition) is 4. The van der Waals surface area contributed by atoms with Crippen molar-refractivity contribution in [1.82, 2.24) is 14.8 Å². The average molecular weight is 450 g/mol. The molecular formula is C25H21F2N3OS. The van der Waals surface area contributed by atoms with Gasteiger partial charge in [0.25, 0.3) is 0 Å². The zero-order chi connectivity index (χ0) is 22.8. The number of hydrogen-bond donors (Lipinski definition) is 0. The molecular weight excluding hydrogens is 428 g/mol. The highest BCUT2D eigenvalue weighted by atomic mass is 32.2. The molecule has 0 saturated heterocycles. The molecule has 0 radical (unpaired) electrons. The summed E-state index contributed by atoms with van der Waals surface area (Å²) in [4.78, 5) is 12.4. The van der Waals surface area contributed by atoms with Gasteiger partial charge in [-0.2, -0.15) is 0 Å². The second-order valence-corrected chi connectivity index (χ2v) is 8.27. The second-order valence-electron chi connectivity index (χ2n) is 7.49. The zero-order valence-corrected chi connectivity index (χ0v) is 18.7. The Kier molecular flexibility index (Phi) is 6.19. The van der Waals surface area contributed by atoms with Crippen molar-refractivity contribution < 1.29 is 13.6 Å². The highest BCUT2D eigenvalue weighted by Crippen LogP contribution is 2.30. The van der Waals surface area contributed by atoms with Crippen LogP contribution < -0.4 is 0 Å². The number of nitrogens with zero attached hydrogens (tertiary/aromatic N) is 3. The van der Waals surface area contributed by atoms with Gasteiger partial charge in [0.1, 0.15) is 11.6 Å². The lowest BCUT2D eigenvalue weighted by Crippen LogP contribution is -2.09. The topological polar surface area (TPSA) is 47.8 Å². The Bertz CT molecular complexity index is 1280. The lowest BCUT2D eigenvalue weighted by molar-refractivity contribution is 0.0985. The van der Waals surface area contributed by atoms with Crippen molar-refractivity contribution in [1.29, 1.82) is 0 Å². The number of carbonyl (C=O) groups is 1. The van der Waals surface area contributed by atoms with E-state index >= 15 is 0 Å². The summed E-state index contributed by atoms with van der Waals surface area (Å²) in [6, 6.07) is 17.0. The molecule has 0 bridgehead atoms. The Hall–Kier alpha value is -3.32. The van der Waals surface area contributed by atoms with Crippen LogP contribution >= 0.6 is 11.8 Å². The number of rotatable bonds is 6. The van der Waals surface area contributed by atoms with Gasteiger partial charge in [0.2, 0.25) is 0 Å². The molecule has 0 fully saturated rings. The average Bonchev–Trinajstić information content (AvgIpc) is 3.15. The van der Waals surface area contributed by atoms with Gasteiger partial charge in [0.15, 0.2) is 16.8 Å². The van der Waals surface area contributed by atoms with Crippen LogP contribution in [0.25, 0.3) is 22.5 Å². The maximum absolute atomic E-state index is 13.9. The van der Waals surface area contributed by atoms with Crippen molar-refractivity contribution in [3.8, 4) is 22.5 Å². The molecule has 0 amide bonds. The summed E-state index contributed by atoms with van der Waals surface area (Å²) in [5, 5.41) is 9.34. The second kappa shape index (κ2) is 9.04. The van der Waals surface area contributed by atoms with Crippen molar-refractivity contribution in [3.63, 3.8) is 0 Å². The lowest BCUT2D eigenvalue weighted by atomic mass is 9.95. The van der Waals surface area contributed by atoms with Gasteiger partial charge < -0.3 is 4.57 Å². The molecule has 0 N–H and O–H groups in total. The minimum atomic E-state index is -0.840. The Morgan fingerprint density at radius 2 is 1.62 bits per heavy atom. The molecule has 0 aliphatic carbocycles. The number of halogens is 2. The normalized spacial score (nSPS) is 11.0. The Balaban J connectivity index is 1.60. The molecule has 0 unspecified atom stereocenters. The number of thioether (sulfide) groups is 1. The molecule has 0 aliphatic rings. The highest BCUT2D eigenvalue weighted by molar-refractivity contribution is 7.98. The Morgan fingerprint density at radius 1 is 0.969 bits per heavy atom. The first-order chi connectivity index (χ1) is 15.4. The van der Waals surface area contributed by atoms with Crippen LogP contribution in [0.5, 0.6) is 0 Å². The van der Waals surface area contributed by atoms with Crippen LogP contribution in [0.4, 0.5) is 8.78 Å². The highest BCUT2D eigenvalue weighted by Gasteiger charge is 2.17. The van der Waals surface area contributed by atoms with E-state index in [9.17, 15) is 13.6 Å². The first-order valence-corrected chi connectivity index (χ1v) is 11.2. The van der Waals surface area contributed by atoms with Crippen LogP contribution in [0.15, 0.2) is 65.8 Å². The SMILES string of the molecule is CSc1nnc(-c2ccc(C)c(-c3ccc(CC(=O)c4c(F)cccc4F)cc3)c2)n1C. The fourth-order valence-electron chi connectivity index (χ4n) is 3.66. The van der Waals surface area contributed by atoms with E-state index in [2.05, 4.69) is 16.3 Å². The van der Waals surface area contributed by atoms with Crippen molar-refractivity contribution in [2.45, 2.75) is 18.5 Å². The van der Waals surface area contributed by atoms with E-state index in [-0.39, 0.29) is 6.42 Å². The molecule has 1 heterocycles. The number of aromatic nitrogens is 3. The fourth-order valence-corrected chi connectivity index (χ4v) is 4.14. The van der Waals surface area contributed by atoms with Crippen LogP contribution in [0.3, 0.4) is 0 Å². The predicted octanol–water partition coefficient (Wildman–Crippen LogP) is 5.88. The number of carbonyl (C=O) groups excluding carboxylic acids is 1. The van der Waals surface area contributed by atoms with Crippen molar-refractivity contribution in [3.05, 3.63) is 89.0 Å². The summed E-state index contributed by atoms with van der Waals surface area (Å²) >= 11 is 1.54. The van der Waals surface area contributed by atoms with Gasteiger partial charge >= 0.3 is 0 Å². The first kappa shape index (κ1) is 21.9. The maximum atomic E-state index is 13.9. The van der Waals surface area contributed by atoms with E-state index in [0.717, 1.165) is 45.4 Å². The molecule has 0 spiro atoms. The number of benzene rings is 3. The number of ketones is 1. The van der Waals surface area contributed by atoms with Gasteiger partial charge in [0.05, 0.1) is 5.56 Å². The lowest BCUT2D eigenvalue weighted by Gasteiger charge is -2.11. The smallest absolute Gasteiger partial charge is 0.190 e. The third kappa shape index (κ3) is 4.21. The van der Waals surface area contributed by atoms with Gasteiger partial charge in [-0.15, -0.1) is 10.2 Å². The molecule has 4 aromatic rings. The molecule has 0 aliphatic heterocycles. The minimum absolute atomic E-state index is 0.0758. The quantitative estimate of drug-likeness (QED) is 0.272. The van der Waals surface area contributed by atoms with Crippen molar-refractivity contribution >= 4 is 17.5 Å². The molecule has 32 heavy (non-hydrogen) atoms. The van der Waals surface area contributed by atoms with Gasteiger partial charge in [-0.1, -0.05) is 54.2 Å². The summed E-state index contributed by atoms with van der Waals surface area (Å²) in [5.74, 6) is -1.48. The summed E-state index contributed by atoms with van der Waals surface area (Å²) in [7, 11) is 1.94.